The number of carbonyl (C=O) groups is 2. The molecule has 0 radical (unpaired) electrons. The maximum Gasteiger partial charge on any atom is 0.269 e. The second-order valence-electron chi connectivity index (χ2n) is 6.05. The molecule has 3 rings (SSSR count). The van der Waals surface area contributed by atoms with Gasteiger partial charge in [-0.1, -0.05) is 47.6 Å². The SMILES string of the molecule is Cc1csc(SCc2ccc(C(=O)NNC(=O)Cc3ccc(Cl)cc3)cc2)n1. The van der Waals surface area contributed by atoms with Gasteiger partial charge in [0.05, 0.1) is 6.42 Å². The van der Waals surface area contributed by atoms with Gasteiger partial charge in [0, 0.05) is 27.4 Å². The Kier molecular flexibility index (Phi) is 7.08. The number of hydrogen-bond donors (Lipinski definition) is 2. The zero-order valence-electron chi connectivity index (χ0n) is 15.1. The lowest BCUT2D eigenvalue weighted by molar-refractivity contribution is -0.121. The molecule has 5 nitrogen and oxygen atoms in total. The number of amides is 2. The quantitative estimate of drug-likeness (QED) is 0.448. The number of carbonyl (C=O) groups excluding carboxylic acids is 2. The van der Waals surface area contributed by atoms with E-state index >= 15 is 0 Å². The van der Waals surface area contributed by atoms with E-state index in [1.165, 1.54) is 0 Å². The van der Waals surface area contributed by atoms with Crippen LogP contribution in [0.25, 0.3) is 0 Å². The number of halogens is 1. The first kappa shape index (κ1) is 20.4. The van der Waals surface area contributed by atoms with E-state index in [0.717, 1.165) is 26.9 Å². The van der Waals surface area contributed by atoms with Crippen LogP contribution in [0.4, 0.5) is 0 Å². The minimum atomic E-state index is -0.362. The molecule has 144 valence electrons. The number of hydrogen-bond acceptors (Lipinski definition) is 5. The number of aromatic nitrogens is 1. The van der Waals surface area contributed by atoms with Crippen LogP contribution in [0, 0.1) is 6.92 Å². The van der Waals surface area contributed by atoms with Crippen molar-refractivity contribution in [2.45, 2.75) is 23.4 Å². The standard InChI is InChI=1S/C20H18ClN3O2S2/c1-13-11-27-20(22-13)28-12-15-2-6-16(7-3-15)19(26)24-23-18(25)10-14-4-8-17(21)9-5-14/h2-9,11H,10,12H2,1H3,(H,23,25)(H,24,26). The van der Waals surface area contributed by atoms with Crippen LogP contribution in [0.3, 0.4) is 0 Å². The summed E-state index contributed by atoms with van der Waals surface area (Å²) in [6, 6.07) is 14.3. The van der Waals surface area contributed by atoms with Crippen molar-refractivity contribution in [1.82, 2.24) is 15.8 Å². The number of rotatable bonds is 6. The Labute approximate surface area is 176 Å². The number of aryl methyl sites for hydroxylation is 1. The first-order chi connectivity index (χ1) is 13.5. The molecule has 0 aliphatic carbocycles. The van der Waals surface area contributed by atoms with Gasteiger partial charge < -0.3 is 0 Å². The first-order valence-electron chi connectivity index (χ1n) is 8.47. The fraction of sp³-hybridized carbons (Fsp3) is 0.150. The predicted molar refractivity (Wildman–Crippen MR) is 114 cm³/mol. The maximum atomic E-state index is 12.2. The third-order valence-corrected chi connectivity index (χ3v) is 6.23. The molecule has 3 aromatic rings. The Bertz CT molecular complexity index is 956. The van der Waals surface area contributed by atoms with Crippen molar-refractivity contribution in [2.24, 2.45) is 0 Å². The van der Waals surface area contributed by atoms with E-state index in [1.807, 2.05) is 24.4 Å². The summed E-state index contributed by atoms with van der Waals surface area (Å²) in [6.07, 6.45) is 0.157. The van der Waals surface area contributed by atoms with E-state index in [2.05, 4.69) is 15.8 Å². The molecular weight excluding hydrogens is 414 g/mol. The predicted octanol–water partition coefficient (Wildman–Crippen LogP) is 4.40. The fourth-order valence-corrected chi connectivity index (χ4v) is 4.26. The Morgan fingerprint density at radius 2 is 1.71 bits per heavy atom. The Hall–Kier alpha value is -2.35. The van der Waals surface area contributed by atoms with Crippen LogP contribution in [-0.2, 0) is 17.0 Å². The summed E-state index contributed by atoms with van der Waals surface area (Å²) in [6.45, 7) is 1.97. The first-order valence-corrected chi connectivity index (χ1v) is 10.7. The Morgan fingerprint density at radius 1 is 1.04 bits per heavy atom. The van der Waals surface area contributed by atoms with Crippen LogP contribution in [-0.4, -0.2) is 16.8 Å². The minimum absolute atomic E-state index is 0.157. The van der Waals surface area contributed by atoms with Crippen LogP contribution in [0.5, 0.6) is 0 Å². The second kappa shape index (κ2) is 9.73. The molecule has 0 aliphatic heterocycles. The van der Waals surface area contributed by atoms with E-state index in [4.69, 9.17) is 11.6 Å². The minimum Gasteiger partial charge on any atom is -0.273 e. The average Bonchev–Trinajstić information content (AvgIpc) is 3.12. The van der Waals surface area contributed by atoms with E-state index in [1.54, 1.807) is 59.5 Å². The van der Waals surface area contributed by atoms with Crippen LogP contribution in [0.2, 0.25) is 5.02 Å². The molecule has 0 fully saturated rings. The highest BCUT2D eigenvalue weighted by Crippen LogP contribution is 2.26. The van der Waals surface area contributed by atoms with Gasteiger partial charge in [-0.2, -0.15) is 0 Å². The van der Waals surface area contributed by atoms with Crippen molar-refractivity contribution in [1.29, 1.82) is 0 Å². The summed E-state index contributed by atoms with van der Waals surface area (Å²) >= 11 is 9.11. The molecule has 28 heavy (non-hydrogen) atoms. The summed E-state index contributed by atoms with van der Waals surface area (Å²) < 4.78 is 1.03. The van der Waals surface area contributed by atoms with Crippen molar-refractivity contribution in [3.63, 3.8) is 0 Å². The number of thioether (sulfide) groups is 1. The average molecular weight is 432 g/mol. The van der Waals surface area contributed by atoms with Gasteiger partial charge in [0.15, 0.2) is 0 Å². The Morgan fingerprint density at radius 3 is 2.36 bits per heavy atom. The Balaban J connectivity index is 1.46. The van der Waals surface area contributed by atoms with Crippen LogP contribution in [0.15, 0.2) is 58.3 Å². The molecule has 2 amide bonds. The summed E-state index contributed by atoms with van der Waals surface area (Å²) in [5.41, 5.74) is 8.27. The summed E-state index contributed by atoms with van der Waals surface area (Å²) in [5.74, 6) is 0.119. The molecule has 2 N–H and O–H groups in total. The third-order valence-electron chi connectivity index (χ3n) is 3.77. The molecule has 0 unspecified atom stereocenters. The summed E-state index contributed by atoms with van der Waals surface area (Å²) in [4.78, 5) is 28.5. The number of benzene rings is 2. The molecule has 0 atom stereocenters. The molecule has 0 bridgehead atoms. The monoisotopic (exact) mass is 431 g/mol. The van der Waals surface area contributed by atoms with Crippen molar-refractivity contribution < 1.29 is 9.59 Å². The van der Waals surface area contributed by atoms with Crippen molar-refractivity contribution >= 4 is 46.5 Å². The zero-order chi connectivity index (χ0) is 19.9. The van der Waals surface area contributed by atoms with E-state index in [9.17, 15) is 9.59 Å². The molecule has 0 spiro atoms. The molecular formula is C20H18ClN3O2S2. The molecule has 8 heteroatoms. The van der Waals surface area contributed by atoms with Gasteiger partial charge >= 0.3 is 0 Å². The van der Waals surface area contributed by atoms with Gasteiger partial charge in [-0.25, -0.2) is 4.98 Å². The normalized spacial score (nSPS) is 10.5. The summed E-state index contributed by atoms with van der Waals surface area (Å²) in [5, 5.41) is 2.64. The lowest BCUT2D eigenvalue weighted by Crippen LogP contribution is -2.42. The van der Waals surface area contributed by atoms with Crippen molar-refractivity contribution in [2.75, 3.05) is 0 Å². The molecule has 0 saturated heterocycles. The maximum absolute atomic E-state index is 12.2. The van der Waals surface area contributed by atoms with Gasteiger partial charge in [-0.15, -0.1) is 11.3 Å². The highest BCUT2D eigenvalue weighted by atomic mass is 35.5. The smallest absolute Gasteiger partial charge is 0.269 e. The number of nitrogens with one attached hydrogen (secondary N) is 2. The molecule has 2 aromatic carbocycles. The molecule has 0 aliphatic rings. The van der Waals surface area contributed by atoms with Crippen LogP contribution in [0.1, 0.15) is 27.2 Å². The lowest BCUT2D eigenvalue weighted by atomic mass is 10.1. The number of thiazole rings is 1. The molecule has 1 aromatic heterocycles. The largest absolute Gasteiger partial charge is 0.273 e. The van der Waals surface area contributed by atoms with E-state index in [-0.39, 0.29) is 18.2 Å². The zero-order valence-corrected chi connectivity index (χ0v) is 17.5. The van der Waals surface area contributed by atoms with Gasteiger partial charge in [0.2, 0.25) is 5.91 Å². The highest BCUT2D eigenvalue weighted by molar-refractivity contribution is 8.00. The van der Waals surface area contributed by atoms with Crippen molar-refractivity contribution in [3.8, 4) is 0 Å². The van der Waals surface area contributed by atoms with E-state index < -0.39 is 0 Å². The lowest BCUT2D eigenvalue weighted by Gasteiger charge is -2.08. The van der Waals surface area contributed by atoms with Crippen LogP contribution >= 0.6 is 34.7 Å². The number of hydrazine groups is 1. The van der Waals surface area contributed by atoms with Gasteiger partial charge in [0.1, 0.15) is 4.34 Å². The van der Waals surface area contributed by atoms with E-state index in [0.29, 0.717) is 10.6 Å². The van der Waals surface area contributed by atoms with Crippen LogP contribution < -0.4 is 10.9 Å². The second-order valence-corrected chi connectivity index (χ2v) is 8.56. The highest BCUT2D eigenvalue weighted by Gasteiger charge is 2.09. The van der Waals surface area contributed by atoms with Gasteiger partial charge in [0.25, 0.3) is 5.91 Å². The fourth-order valence-electron chi connectivity index (χ4n) is 2.33. The van der Waals surface area contributed by atoms with Gasteiger partial charge in [-0.05, 0) is 42.3 Å². The summed E-state index contributed by atoms with van der Waals surface area (Å²) in [7, 11) is 0. The molecule has 0 saturated carbocycles. The number of nitrogens with zero attached hydrogens (tertiary/aromatic N) is 1. The van der Waals surface area contributed by atoms with Gasteiger partial charge in [-0.3, -0.25) is 20.4 Å². The molecule has 1 heterocycles. The third kappa shape index (κ3) is 6.09. The van der Waals surface area contributed by atoms with Crippen molar-refractivity contribution in [3.05, 3.63) is 81.3 Å². The topological polar surface area (TPSA) is 71.1 Å².